The second-order valence-corrected chi connectivity index (χ2v) is 3.84. The molecule has 1 aromatic carbocycles. The van der Waals surface area contributed by atoms with E-state index in [-0.39, 0.29) is 0 Å². The van der Waals surface area contributed by atoms with Crippen LogP contribution in [0, 0.1) is 0 Å². The Morgan fingerprint density at radius 2 is 2.18 bits per heavy atom. The van der Waals surface area contributed by atoms with Gasteiger partial charge in [-0.25, -0.2) is 0 Å². The van der Waals surface area contributed by atoms with E-state index >= 15 is 0 Å². The number of rotatable bonds is 3. The molecule has 0 bridgehead atoms. The maximum atomic E-state index is 11.0. The van der Waals surface area contributed by atoms with Crippen LogP contribution in [0.3, 0.4) is 0 Å². The Labute approximate surface area is 98.9 Å². The van der Waals surface area contributed by atoms with Crippen molar-refractivity contribution in [2.45, 2.75) is 12.8 Å². The molecule has 2 aromatic rings. The van der Waals surface area contributed by atoms with Crippen LogP contribution in [0.2, 0.25) is 0 Å². The molecule has 0 fully saturated rings. The summed E-state index contributed by atoms with van der Waals surface area (Å²) < 4.78 is 5.13. The van der Waals surface area contributed by atoms with E-state index in [0.29, 0.717) is 5.69 Å². The fraction of sp³-hybridized carbons (Fsp3) is 0.231. The lowest BCUT2D eigenvalue weighted by atomic mass is 10.0. The lowest BCUT2D eigenvalue weighted by molar-refractivity contribution is -0.138. The highest BCUT2D eigenvalue weighted by Gasteiger charge is 2.17. The molecule has 0 saturated heterocycles. The Kier molecular flexibility index (Phi) is 2.95. The quantitative estimate of drug-likeness (QED) is 0.881. The third-order valence-corrected chi connectivity index (χ3v) is 2.78. The first-order valence-corrected chi connectivity index (χ1v) is 5.29. The number of hydrogen-bond donors (Lipinski definition) is 1. The van der Waals surface area contributed by atoms with E-state index in [1.807, 2.05) is 24.3 Å². The molecule has 2 rings (SSSR count). The van der Waals surface area contributed by atoms with Crippen molar-refractivity contribution in [3.05, 3.63) is 36.2 Å². The lowest BCUT2D eigenvalue weighted by Crippen LogP contribution is -2.09. The summed E-state index contributed by atoms with van der Waals surface area (Å²) in [4.78, 5) is 15.2. The van der Waals surface area contributed by atoms with E-state index in [2.05, 4.69) is 4.98 Å². The molecule has 0 radical (unpaired) electrons. The van der Waals surface area contributed by atoms with Crippen LogP contribution in [-0.4, -0.2) is 23.2 Å². The molecular weight excluding hydrogens is 218 g/mol. The Morgan fingerprint density at radius 1 is 1.41 bits per heavy atom. The molecule has 0 aliphatic heterocycles. The van der Waals surface area contributed by atoms with Crippen LogP contribution in [0.4, 0.5) is 0 Å². The second kappa shape index (κ2) is 4.41. The first kappa shape index (κ1) is 11.4. The van der Waals surface area contributed by atoms with E-state index in [1.165, 1.54) is 0 Å². The average molecular weight is 231 g/mol. The van der Waals surface area contributed by atoms with Crippen molar-refractivity contribution in [2.75, 3.05) is 7.11 Å². The predicted molar refractivity (Wildman–Crippen MR) is 64.3 cm³/mol. The Bertz CT molecular complexity index is 566. The van der Waals surface area contributed by atoms with E-state index in [0.717, 1.165) is 16.5 Å². The Hall–Kier alpha value is -2.10. The van der Waals surface area contributed by atoms with Gasteiger partial charge in [0.15, 0.2) is 0 Å². The molecule has 4 heteroatoms. The van der Waals surface area contributed by atoms with E-state index in [9.17, 15) is 4.79 Å². The van der Waals surface area contributed by atoms with Crippen LogP contribution < -0.4 is 4.74 Å². The largest absolute Gasteiger partial charge is 0.497 e. The molecular formula is C13H13NO3. The molecule has 0 spiro atoms. The number of aromatic nitrogens is 1. The molecule has 4 nitrogen and oxygen atoms in total. The van der Waals surface area contributed by atoms with Gasteiger partial charge in [0.2, 0.25) is 0 Å². The summed E-state index contributed by atoms with van der Waals surface area (Å²) in [5, 5.41) is 10.8. The zero-order valence-electron chi connectivity index (χ0n) is 9.68. The Balaban J connectivity index is 2.62. The van der Waals surface area contributed by atoms with Crippen molar-refractivity contribution >= 4 is 16.7 Å². The molecule has 0 aliphatic carbocycles. The minimum absolute atomic E-state index is 0.581. The third kappa shape index (κ3) is 2.06. The van der Waals surface area contributed by atoms with Crippen molar-refractivity contribution in [3.8, 4) is 5.75 Å². The number of carboxylic acid groups (broad SMARTS) is 1. The monoisotopic (exact) mass is 231 g/mol. The van der Waals surface area contributed by atoms with Gasteiger partial charge in [-0.15, -0.1) is 0 Å². The van der Waals surface area contributed by atoms with Crippen molar-refractivity contribution < 1.29 is 14.6 Å². The van der Waals surface area contributed by atoms with Gasteiger partial charge in [0.25, 0.3) is 0 Å². The maximum absolute atomic E-state index is 11.0. The van der Waals surface area contributed by atoms with Crippen LogP contribution in [0.25, 0.3) is 10.8 Å². The summed E-state index contributed by atoms with van der Waals surface area (Å²) in [6, 6.07) is 7.36. The number of carboxylic acids is 1. The number of methoxy groups -OCH3 is 1. The van der Waals surface area contributed by atoms with Crippen LogP contribution in [-0.2, 0) is 4.79 Å². The third-order valence-electron chi connectivity index (χ3n) is 2.78. The normalized spacial score (nSPS) is 12.4. The molecule has 0 aliphatic rings. The first-order valence-electron chi connectivity index (χ1n) is 5.29. The summed E-state index contributed by atoms with van der Waals surface area (Å²) in [6.45, 7) is 1.63. The molecule has 1 atom stereocenters. The fourth-order valence-electron chi connectivity index (χ4n) is 1.77. The predicted octanol–water partition coefficient (Wildman–Crippen LogP) is 2.43. The van der Waals surface area contributed by atoms with Crippen molar-refractivity contribution in [1.82, 2.24) is 4.98 Å². The highest BCUT2D eigenvalue weighted by Crippen LogP contribution is 2.26. The lowest BCUT2D eigenvalue weighted by Gasteiger charge is -2.10. The number of ether oxygens (including phenoxy) is 1. The Morgan fingerprint density at radius 3 is 2.82 bits per heavy atom. The van der Waals surface area contributed by atoms with Crippen molar-refractivity contribution in [2.24, 2.45) is 0 Å². The smallest absolute Gasteiger partial charge is 0.312 e. The summed E-state index contributed by atoms with van der Waals surface area (Å²) >= 11 is 0. The minimum Gasteiger partial charge on any atom is -0.497 e. The second-order valence-electron chi connectivity index (χ2n) is 3.84. The van der Waals surface area contributed by atoms with Gasteiger partial charge in [-0.2, -0.15) is 0 Å². The van der Waals surface area contributed by atoms with Gasteiger partial charge in [-0.1, -0.05) is 0 Å². The van der Waals surface area contributed by atoms with Gasteiger partial charge in [0.1, 0.15) is 5.75 Å². The van der Waals surface area contributed by atoms with E-state index < -0.39 is 11.9 Å². The van der Waals surface area contributed by atoms with Crippen LogP contribution >= 0.6 is 0 Å². The zero-order chi connectivity index (χ0) is 12.4. The number of aliphatic carboxylic acids is 1. The first-order chi connectivity index (χ1) is 8.13. The fourth-order valence-corrected chi connectivity index (χ4v) is 1.77. The molecule has 17 heavy (non-hydrogen) atoms. The van der Waals surface area contributed by atoms with E-state index in [4.69, 9.17) is 9.84 Å². The molecule has 0 amide bonds. The van der Waals surface area contributed by atoms with Gasteiger partial charge < -0.3 is 9.84 Å². The number of fused-ring (bicyclic) bond motifs is 1. The number of benzene rings is 1. The summed E-state index contributed by atoms with van der Waals surface area (Å²) in [5.41, 5.74) is 0.581. The number of nitrogens with zero attached hydrogens (tertiary/aromatic N) is 1. The van der Waals surface area contributed by atoms with Gasteiger partial charge in [0.05, 0.1) is 18.7 Å². The van der Waals surface area contributed by atoms with E-state index in [1.54, 1.807) is 20.2 Å². The number of pyridine rings is 1. The molecule has 1 aromatic heterocycles. The SMILES string of the molecule is COc1ccc2c(C(C)C(=O)O)nccc2c1. The van der Waals surface area contributed by atoms with Gasteiger partial charge in [-0.3, -0.25) is 9.78 Å². The van der Waals surface area contributed by atoms with Crippen LogP contribution in [0.1, 0.15) is 18.5 Å². The number of hydrogen-bond acceptors (Lipinski definition) is 3. The minimum atomic E-state index is -0.874. The molecule has 0 saturated carbocycles. The van der Waals surface area contributed by atoms with Gasteiger partial charge in [0, 0.05) is 11.6 Å². The zero-order valence-corrected chi connectivity index (χ0v) is 9.68. The van der Waals surface area contributed by atoms with Gasteiger partial charge in [-0.05, 0) is 36.6 Å². The van der Waals surface area contributed by atoms with Crippen LogP contribution in [0.15, 0.2) is 30.5 Å². The van der Waals surface area contributed by atoms with Crippen molar-refractivity contribution in [3.63, 3.8) is 0 Å². The average Bonchev–Trinajstić information content (AvgIpc) is 2.36. The maximum Gasteiger partial charge on any atom is 0.312 e. The number of carbonyl (C=O) groups is 1. The van der Waals surface area contributed by atoms with Gasteiger partial charge >= 0.3 is 5.97 Å². The summed E-state index contributed by atoms with van der Waals surface area (Å²) in [7, 11) is 1.60. The highest BCUT2D eigenvalue weighted by molar-refractivity contribution is 5.89. The molecule has 1 unspecified atom stereocenters. The molecule has 1 heterocycles. The highest BCUT2D eigenvalue weighted by atomic mass is 16.5. The topological polar surface area (TPSA) is 59.4 Å². The summed E-state index contributed by atoms with van der Waals surface area (Å²) in [6.07, 6.45) is 1.62. The standard InChI is InChI=1S/C13H13NO3/c1-8(13(15)16)12-11-4-3-10(17-2)7-9(11)5-6-14-12/h3-8H,1-2H3,(H,15,16). The molecule has 88 valence electrons. The van der Waals surface area contributed by atoms with Crippen LogP contribution in [0.5, 0.6) is 5.75 Å². The van der Waals surface area contributed by atoms with Crippen molar-refractivity contribution in [1.29, 1.82) is 0 Å². The summed E-state index contributed by atoms with van der Waals surface area (Å²) in [5.74, 6) is -0.745. The molecule has 1 N–H and O–H groups in total.